The van der Waals surface area contributed by atoms with Crippen LogP contribution in [0.2, 0.25) is 0 Å². The van der Waals surface area contributed by atoms with Crippen LogP contribution in [0, 0.1) is 17.8 Å². The second-order valence-corrected chi connectivity index (χ2v) is 5.27. The number of benzene rings is 1. The number of halogens is 3. The topological polar surface area (TPSA) is 17.1 Å². The molecule has 2 aliphatic carbocycles. The molecule has 0 unspecified atom stereocenters. The number of rotatable bonds is 2. The van der Waals surface area contributed by atoms with Crippen molar-refractivity contribution >= 4 is 5.78 Å². The van der Waals surface area contributed by atoms with E-state index in [4.69, 9.17) is 0 Å². The monoisotopic (exact) mass is 266 g/mol. The highest BCUT2D eigenvalue weighted by atomic mass is 19.4. The van der Waals surface area contributed by atoms with Crippen LogP contribution in [0.1, 0.15) is 17.9 Å². The molecule has 2 bridgehead atoms. The van der Waals surface area contributed by atoms with Crippen molar-refractivity contribution in [3.63, 3.8) is 0 Å². The van der Waals surface area contributed by atoms with Crippen molar-refractivity contribution in [3.8, 4) is 0 Å². The zero-order valence-electron chi connectivity index (χ0n) is 10.1. The predicted octanol–water partition coefficient (Wildman–Crippen LogP) is 3.72. The molecule has 0 aromatic heterocycles. The molecule has 0 N–H and O–H groups in total. The van der Waals surface area contributed by atoms with Crippen LogP contribution >= 0.6 is 0 Å². The van der Waals surface area contributed by atoms with Gasteiger partial charge in [0.05, 0.1) is 0 Å². The van der Waals surface area contributed by atoms with E-state index < -0.39 is 17.9 Å². The smallest absolute Gasteiger partial charge is 0.289 e. The zero-order chi connectivity index (χ0) is 13.6. The van der Waals surface area contributed by atoms with Gasteiger partial charge in [-0.1, -0.05) is 42.5 Å². The summed E-state index contributed by atoms with van der Waals surface area (Å²) in [4.78, 5) is 11.7. The number of allylic oxidation sites excluding steroid dienone is 2. The van der Waals surface area contributed by atoms with Crippen LogP contribution in [-0.4, -0.2) is 12.0 Å². The van der Waals surface area contributed by atoms with E-state index in [1.54, 1.807) is 18.2 Å². The van der Waals surface area contributed by atoms with Crippen LogP contribution in [0.15, 0.2) is 42.5 Å². The summed E-state index contributed by atoms with van der Waals surface area (Å²) in [6.45, 7) is 0. The van der Waals surface area contributed by atoms with Crippen molar-refractivity contribution in [2.45, 2.75) is 18.5 Å². The Labute approximate surface area is 109 Å². The van der Waals surface area contributed by atoms with Gasteiger partial charge in [-0.2, -0.15) is 13.2 Å². The zero-order valence-corrected chi connectivity index (χ0v) is 10.1. The minimum absolute atomic E-state index is 0.0590. The third kappa shape index (κ3) is 1.99. The molecule has 0 heterocycles. The van der Waals surface area contributed by atoms with Gasteiger partial charge in [-0.3, -0.25) is 4.79 Å². The van der Waals surface area contributed by atoms with Crippen molar-refractivity contribution in [1.82, 2.24) is 0 Å². The van der Waals surface area contributed by atoms with E-state index in [0.29, 0.717) is 6.42 Å². The van der Waals surface area contributed by atoms with Gasteiger partial charge in [0.15, 0.2) is 0 Å². The molecular formula is C15H13F3O. The van der Waals surface area contributed by atoms with Gasteiger partial charge in [-0.25, -0.2) is 0 Å². The second-order valence-electron chi connectivity index (χ2n) is 5.27. The highest BCUT2D eigenvalue weighted by Crippen LogP contribution is 2.54. The molecule has 3 rings (SSSR count). The lowest BCUT2D eigenvalue weighted by Crippen LogP contribution is -2.36. The summed E-state index contributed by atoms with van der Waals surface area (Å²) in [5.41, 5.74) is 0.835. The summed E-state index contributed by atoms with van der Waals surface area (Å²) in [6, 6.07) is 9.07. The van der Waals surface area contributed by atoms with E-state index in [-0.39, 0.29) is 17.8 Å². The van der Waals surface area contributed by atoms with Crippen LogP contribution in [0.3, 0.4) is 0 Å². The Morgan fingerprint density at radius 1 is 1.05 bits per heavy atom. The van der Waals surface area contributed by atoms with E-state index in [0.717, 1.165) is 5.56 Å². The van der Waals surface area contributed by atoms with Crippen LogP contribution in [0.25, 0.3) is 0 Å². The highest BCUT2D eigenvalue weighted by molar-refractivity contribution is 5.88. The molecule has 100 valence electrons. The Hall–Kier alpha value is -1.58. The lowest BCUT2D eigenvalue weighted by Gasteiger charge is -2.28. The molecule has 19 heavy (non-hydrogen) atoms. The average molecular weight is 266 g/mol. The van der Waals surface area contributed by atoms with E-state index in [9.17, 15) is 18.0 Å². The molecule has 0 aliphatic heterocycles. The molecule has 0 amide bonds. The minimum atomic E-state index is -4.74. The minimum Gasteiger partial charge on any atom is -0.289 e. The SMILES string of the molecule is O=C([C@@H]1[C@@H](c2ccccc2)[C@@H]2C=C[C@H]1C2)C(F)(F)F. The summed E-state index contributed by atoms with van der Waals surface area (Å²) in [5.74, 6) is -3.05. The number of carbonyl (C=O) groups excluding carboxylic acids is 1. The van der Waals surface area contributed by atoms with E-state index in [1.807, 2.05) is 24.3 Å². The number of carbonyl (C=O) groups is 1. The Morgan fingerprint density at radius 3 is 2.32 bits per heavy atom. The summed E-state index contributed by atoms with van der Waals surface area (Å²) in [5, 5.41) is 0. The predicted molar refractivity (Wildman–Crippen MR) is 64.5 cm³/mol. The number of Topliss-reactive ketones (excluding diaryl/α,β-unsaturated/α-hetero) is 1. The Kier molecular flexibility index (Phi) is 2.77. The lowest BCUT2D eigenvalue weighted by molar-refractivity contribution is -0.177. The number of hydrogen-bond donors (Lipinski definition) is 0. The van der Waals surface area contributed by atoms with E-state index in [1.165, 1.54) is 0 Å². The maximum absolute atomic E-state index is 12.7. The standard InChI is InChI=1S/C15H13F3O/c16-15(17,18)14(19)13-11-7-6-10(8-11)12(13)9-4-2-1-3-5-9/h1-7,10-13H,8H2/t10-,11+,12+,13+/m1/s1. The largest absolute Gasteiger partial charge is 0.450 e. The van der Waals surface area contributed by atoms with Crippen molar-refractivity contribution in [2.24, 2.45) is 17.8 Å². The van der Waals surface area contributed by atoms with Gasteiger partial charge in [0, 0.05) is 11.8 Å². The molecule has 0 saturated heterocycles. The summed E-state index contributed by atoms with van der Waals surface area (Å²) < 4.78 is 38.2. The number of hydrogen-bond acceptors (Lipinski definition) is 1. The fourth-order valence-electron chi connectivity index (χ4n) is 3.50. The fraction of sp³-hybridized carbons (Fsp3) is 0.400. The quantitative estimate of drug-likeness (QED) is 0.745. The van der Waals surface area contributed by atoms with Crippen molar-refractivity contribution in [3.05, 3.63) is 48.0 Å². The van der Waals surface area contributed by atoms with Crippen LogP contribution < -0.4 is 0 Å². The summed E-state index contributed by atoms with van der Waals surface area (Å²) >= 11 is 0. The molecular weight excluding hydrogens is 253 g/mol. The number of ketones is 1. The molecule has 1 aromatic carbocycles. The maximum atomic E-state index is 12.7. The molecule has 1 fully saturated rings. The number of alkyl halides is 3. The molecule has 4 atom stereocenters. The lowest BCUT2D eigenvalue weighted by atomic mass is 9.76. The first-order valence-corrected chi connectivity index (χ1v) is 6.33. The van der Waals surface area contributed by atoms with Gasteiger partial charge in [0.1, 0.15) is 0 Å². The third-order valence-electron chi connectivity index (χ3n) is 4.23. The second kappa shape index (κ2) is 4.22. The van der Waals surface area contributed by atoms with Gasteiger partial charge in [-0.15, -0.1) is 0 Å². The molecule has 2 aliphatic rings. The van der Waals surface area contributed by atoms with Gasteiger partial charge >= 0.3 is 6.18 Å². The van der Waals surface area contributed by atoms with Gasteiger partial charge in [-0.05, 0) is 23.8 Å². The van der Waals surface area contributed by atoms with Gasteiger partial charge in [0.25, 0.3) is 0 Å². The molecule has 1 aromatic rings. The molecule has 4 heteroatoms. The summed E-state index contributed by atoms with van der Waals surface area (Å²) in [7, 11) is 0. The highest BCUT2D eigenvalue weighted by Gasteiger charge is 2.55. The third-order valence-corrected chi connectivity index (χ3v) is 4.23. The summed E-state index contributed by atoms with van der Waals surface area (Å²) in [6.07, 6.45) is -0.344. The first-order chi connectivity index (χ1) is 8.98. The van der Waals surface area contributed by atoms with E-state index in [2.05, 4.69) is 0 Å². The molecule has 1 nitrogen and oxygen atoms in total. The molecule has 0 radical (unpaired) electrons. The molecule has 0 spiro atoms. The Bertz CT molecular complexity index is 518. The Balaban J connectivity index is 1.98. The van der Waals surface area contributed by atoms with Crippen molar-refractivity contribution in [1.29, 1.82) is 0 Å². The van der Waals surface area contributed by atoms with Crippen LogP contribution in [-0.2, 0) is 4.79 Å². The van der Waals surface area contributed by atoms with E-state index >= 15 is 0 Å². The normalized spacial score (nSPS) is 32.8. The van der Waals surface area contributed by atoms with Crippen LogP contribution in [0.4, 0.5) is 13.2 Å². The number of fused-ring (bicyclic) bond motifs is 2. The van der Waals surface area contributed by atoms with Crippen molar-refractivity contribution < 1.29 is 18.0 Å². The average Bonchev–Trinajstić information content (AvgIpc) is 2.97. The fourth-order valence-corrected chi connectivity index (χ4v) is 3.50. The molecule has 1 saturated carbocycles. The van der Waals surface area contributed by atoms with Gasteiger partial charge in [0.2, 0.25) is 5.78 Å². The maximum Gasteiger partial charge on any atom is 0.450 e. The van der Waals surface area contributed by atoms with Crippen LogP contribution in [0.5, 0.6) is 0 Å². The first-order valence-electron chi connectivity index (χ1n) is 6.33. The Morgan fingerprint density at radius 2 is 1.68 bits per heavy atom. The van der Waals surface area contributed by atoms with Gasteiger partial charge < -0.3 is 0 Å². The first kappa shape index (κ1) is 12.5. The van der Waals surface area contributed by atoms with Crippen molar-refractivity contribution in [2.75, 3.05) is 0 Å².